The summed E-state index contributed by atoms with van der Waals surface area (Å²) in [6.45, 7) is 1.41. The molecule has 4 aromatic rings. The van der Waals surface area contributed by atoms with Gasteiger partial charge < -0.3 is 25.2 Å². The lowest BCUT2D eigenvalue weighted by atomic mass is 10.0. The van der Waals surface area contributed by atoms with Crippen molar-refractivity contribution in [3.8, 4) is 5.75 Å². The molecule has 0 spiro atoms. The zero-order valence-corrected chi connectivity index (χ0v) is 26.2. The van der Waals surface area contributed by atoms with E-state index in [0.29, 0.717) is 22.7 Å². The molecular formula is C33H30BrF3N4O4. The zero-order chi connectivity index (χ0) is 32.5. The highest BCUT2D eigenvalue weighted by Crippen LogP contribution is 2.38. The summed E-state index contributed by atoms with van der Waals surface area (Å²) in [5.41, 5.74) is 0.558. The van der Waals surface area contributed by atoms with Gasteiger partial charge in [-0.15, -0.1) is 0 Å². The minimum atomic E-state index is -4.57. The summed E-state index contributed by atoms with van der Waals surface area (Å²) in [5.74, 6) is -1.02. The van der Waals surface area contributed by atoms with E-state index in [0.717, 1.165) is 39.5 Å². The average Bonchev–Trinajstić information content (AvgIpc) is 3.14. The number of rotatable bonds is 7. The monoisotopic (exact) mass is 682 g/mol. The lowest BCUT2D eigenvalue weighted by molar-refractivity contribution is -0.137. The predicted molar refractivity (Wildman–Crippen MR) is 169 cm³/mol. The van der Waals surface area contributed by atoms with Gasteiger partial charge in [-0.2, -0.15) is 13.2 Å². The van der Waals surface area contributed by atoms with Crippen LogP contribution in [0.5, 0.6) is 5.75 Å². The van der Waals surface area contributed by atoms with Gasteiger partial charge in [0.15, 0.2) is 0 Å². The Balaban J connectivity index is 1.63. The number of amides is 3. The number of anilines is 2. The van der Waals surface area contributed by atoms with E-state index in [1.807, 2.05) is 30.3 Å². The van der Waals surface area contributed by atoms with E-state index < -0.39 is 41.5 Å². The van der Waals surface area contributed by atoms with Crippen LogP contribution >= 0.6 is 15.9 Å². The van der Waals surface area contributed by atoms with Gasteiger partial charge in [-0.1, -0.05) is 40.2 Å². The molecule has 0 aliphatic carbocycles. The van der Waals surface area contributed by atoms with Crippen LogP contribution in [-0.2, 0) is 22.3 Å². The number of carbonyl (C=O) groups is 3. The van der Waals surface area contributed by atoms with Crippen molar-refractivity contribution in [2.45, 2.75) is 31.7 Å². The summed E-state index contributed by atoms with van der Waals surface area (Å²) in [4.78, 5) is 44.2. The second kappa shape index (κ2) is 12.9. The molecule has 1 aliphatic rings. The van der Waals surface area contributed by atoms with Crippen molar-refractivity contribution in [2.24, 2.45) is 0 Å². The third-order valence-electron chi connectivity index (χ3n) is 7.83. The molecule has 1 aliphatic heterocycles. The number of para-hydroxylation sites is 2. The lowest BCUT2D eigenvalue weighted by Crippen LogP contribution is -2.55. The number of hydrogen-bond donors (Lipinski definition) is 2. The van der Waals surface area contributed by atoms with Gasteiger partial charge in [-0.25, -0.2) is 0 Å². The van der Waals surface area contributed by atoms with Crippen molar-refractivity contribution in [3.63, 3.8) is 0 Å². The number of benzene rings is 4. The highest BCUT2D eigenvalue weighted by molar-refractivity contribution is 9.10. The van der Waals surface area contributed by atoms with Crippen molar-refractivity contribution >= 4 is 55.8 Å². The van der Waals surface area contributed by atoms with Crippen molar-refractivity contribution in [3.05, 3.63) is 100 Å². The number of alkyl halides is 3. The largest absolute Gasteiger partial charge is 0.496 e. The smallest absolute Gasteiger partial charge is 0.416 e. The summed E-state index contributed by atoms with van der Waals surface area (Å²) in [6.07, 6.45) is -4.57. The van der Waals surface area contributed by atoms with Crippen LogP contribution < -0.4 is 25.2 Å². The number of nitrogens with zero attached hydrogens (tertiary/aromatic N) is 2. The fraction of sp³-hybridized carbons (Fsp3) is 0.242. The summed E-state index contributed by atoms with van der Waals surface area (Å²) < 4.78 is 46.3. The number of carbonyl (C=O) groups excluding carboxylic acids is 3. The topological polar surface area (TPSA) is 91.0 Å². The minimum Gasteiger partial charge on any atom is -0.496 e. The van der Waals surface area contributed by atoms with Crippen molar-refractivity contribution in [2.75, 3.05) is 30.5 Å². The third-order valence-corrected chi connectivity index (χ3v) is 8.32. The number of ether oxygens (including phenoxy) is 1. The first kappa shape index (κ1) is 32.0. The molecule has 1 heterocycles. The third kappa shape index (κ3) is 6.52. The van der Waals surface area contributed by atoms with Gasteiger partial charge in [-0.3, -0.25) is 14.4 Å². The Morgan fingerprint density at radius 1 is 1.02 bits per heavy atom. The van der Waals surface area contributed by atoms with Crippen molar-refractivity contribution in [1.82, 2.24) is 10.6 Å². The zero-order valence-electron chi connectivity index (χ0n) is 24.6. The van der Waals surface area contributed by atoms with E-state index in [1.165, 1.54) is 16.9 Å². The standard InChI is InChI=1S/C33H30BrF3N4O4/c1-19(38-2)30(42)39-26-18-41(31(43)20-8-11-22(12-9-20)33(35,36)37)28-7-5-4-6-27(28)40(32(26)44)17-25-24-14-13-23(34)16-21(24)10-15-29(25)45-3/h4-16,19,26,38H,17-18H2,1-3H3,(H,39,42)/t19?,26-/m0/s1. The van der Waals surface area contributed by atoms with Crippen LogP contribution in [0.2, 0.25) is 0 Å². The molecule has 0 fully saturated rings. The molecule has 234 valence electrons. The fourth-order valence-corrected chi connectivity index (χ4v) is 5.67. The maximum Gasteiger partial charge on any atom is 0.416 e. The molecule has 1 unspecified atom stereocenters. The number of likely N-dealkylation sites (N-methyl/N-ethyl adjacent to an activating group) is 1. The predicted octanol–water partition coefficient (Wildman–Crippen LogP) is 5.92. The second-order valence-electron chi connectivity index (χ2n) is 10.6. The lowest BCUT2D eigenvalue weighted by Gasteiger charge is -2.27. The van der Waals surface area contributed by atoms with E-state index in [9.17, 15) is 27.6 Å². The van der Waals surface area contributed by atoms with Gasteiger partial charge in [0.25, 0.3) is 11.8 Å². The Hall–Kier alpha value is -4.42. The molecule has 0 saturated carbocycles. The first-order valence-corrected chi connectivity index (χ1v) is 14.8. The SMILES string of the molecule is CNC(C)C(=O)N[C@H]1CN(C(=O)c2ccc(C(F)(F)F)cc2)c2ccccc2N(Cc2c(OC)ccc3cc(Br)ccc23)C1=O. The van der Waals surface area contributed by atoms with Crippen LogP contribution in [0.1, 0.15) is 28.4 Å². The first-order valence-electron chi connectivity index (χ1n) is 14.0. The Morgan fingerprint density at radius 3 is 2.36 bits per heavy atom. The van der Waals surface area contributed by atoms with Gasteiger partial charge >= 0.3 is 6.18 Å². The normalized spacial score (nSPS) is 15.8. The van der Waals surface area contributed by atoms with Crippen LogP contribution in [0.15, 0.2) is 83.3 Å². The van der Waals surface area contributed by atoms with Gasteiger partial charge in [0.1, 0.15) is 11.8 Å². The van der Waals surface area contributed by atoms with E-state index >= 15 is 0 Å². The Kier molecular flexibility index (Phi) is 9.17. The first-order chi connectivity index (χ1) is 21.4. The van der Waals surface area contributed by atoms with E-state index in [2.05, 4.69) is 26.6 Å². The Morgan fingerprint density at radius 2 is 1.71 bits per heavy atom. The quantitative estimate of drug-likeness (QED) is 0.253. The highest BCUT2D eigenvalue weighted by Gasteiger charge is 2.38. The summed E-state index contributed by atoms with van der Waals surface area (Å²) in [7, 11) is 3.14. The molecule has 8 nitrogen and oxygen atoms in total. The molecule has 2 N–H and O–H groups in total. The van der Waals surface area contributed by atoms with Crippen molar-refractivity contribution < 1.29 is 32.3 Å². The summed E-state index contributed by atoms with van der Waals surface area (Å²) in [5, 5.41) is 7.36. The van der Waals surface area contributed by atoms with Crippen LogP contribution in [0.25, 0.3) is 10.8 Å². The molecule has 5 rings (SSSR count). The van der Waals surface area contributed by atoms with Crippen LogP contribution in [0.3, 0.4) is 0 Å². The molecule has 2 atom stereocenters. The number of nitrogens with one attached hydrogen (secondary N) is 2. The molecule has 12 heteroatoms. The molecule has 0 radical (unpaired) electrons. The molecule has 45 heavy (non-hydrogen) atoms. The van der Waals surface area contributed by atoms with E-state index in [1.54, 1.807) is 38.2 Å². The average molecular weight is 684 g/mol. The van der Waals surface area contributed by atoms with Crippen molar-refractivity contribution in [1.29, 1.82) is 0 Å². The highest BCUT2D eigenvalue weighted by atomic mass is 79.9. The van der Waals surface area contributed by atoms with E-state index in [-0.39, 0.29) is 18.7 Å². The second-order valence-corrected chi connectivity index (χ2v) is 11.5. The Labute approximate surface area is 266 Å². The van der Waals surface area contributed by atoms with E-state index in [4.69, 9.17) is 4.74 Å². The molecule has 0 bridgehead atoms. The molecule has 3 amide bonds. The van der Waals surface area contributed by atoms with Crippen LogP contribution in [-0.4, -0.2) is 50.5 Å². The molecule has 4 aromatic carbocycles. The fourth-order valence-electron chi connectivity index (χ4n) is 5.29. The number of hydrogen-bond acceptors (Lipinski definition) is 5. The van der Waals surface area contributed by atoms with Gasteiger partial charge in [0, 0.05) is 15.6 Å². The number of halogens is 4. The number of fused-ring (bicyclic) bond motifs is 2. The van der Waals surface area contributed by atoms with Crippen LogP contribution in [0, 0.1) is 0 Å². The Bertz CT molecular complexity index is 1760. The molecular weight excluding hydrogens is 653 g/mol. The molecule has 0 saturated heterocycles. The molecule has 0 aromatic heterocycles. The summed E-state index contributed by atoms with van der Waals surface area (Å²) in [6, 6.07) is 18.3. The number of methoxy groups -OCH3 is 1. The maximum atomic E-state index is 14.4. The van der Waals surface area contributed by atoms with Crippen LogP contribution in [0.4, 0.5) is 24.5 Å². The maximum absolute atomic E-state index is 14.4. The van der Waals surface area contributed by atoms with Gasteiger partial charge in [-0.05, 0) is 79.3 Å². The van der Waals surface area contributed by atoms with Gasteiger partial charge in [0.05, 0.1) is 43.2 Å². The van der Waals surface area contributed by atoms with Gasteiger partial charge in [0.2, 0.25) is 5.91 Å². The summed E-state index contributed by atoms with van der Waals surface area (Å²) >= 11 is 3.50. The minimum absolute atomic E-state index is 0.00586.